The topological polar surface area (TPSA) is 114 Å². The van der Waals surface area contributed by atoms with Crippen LogP contribution in [0.3, 0.4) is 0 Å². The maximum absolute atomic E-state index is 13.8. The summed E-state index contributed by atoms with van der Waals surface area (Å²) in [5.74, 6) is -3.76. The van der Waals surface area contributed by atoms with E-state index in [4.69, 9.17) is 14.2 Å². The van der Waals surface area contributed by atoms with Crippen molar-refractivity contribution >= 4 is 11.9 Å². The second-order valence-electron chi connectivity index (χ2n) is 9.06. The number of hydrogen-bond donors (Lipinski definition) is 1. The summed E-state index contributed by atoms with van der Waals surface area (Å²) in [4.78, 5) is 40.6. The molecule has 0 spiro atoms. The Morgan fingerprint density at radius 3 is 1.71 bits per heavy atom. The van der Waals surface area contributed by atoms with Gasteiger partial charge in [-0.2, -0.15) is 0 Å². The number of ether oxygens (including phenoxy) is 3. The van der Waals surface area contributed by atoms with Gasteiger partial charge in [-0.1, -0.05) is 19.1 Å². The van der Waals surface area contributed by atoms with Gasteiger partial charge in [-0.25, -0.2) is 0 Å². The Morgan fingerprint density at radius 2 is 1.40 bits per heavy atom. The maximum Gasteiger partial charge on any atom is 0.320 e. The first kappa shape index (κ1) is 25.2. The van der Waals surface area contributed by atoms with E-state index in [1.807, 2.05) is 28.9 Å². The Labute approximate surface area is 204 Å². The molecule has 4 heterocycles. The summed E-state index contributed by atoms with van der Waals surface area (Å²) in [6.45, 7) is 2.57. The highest BCUT2D eigenvalue weighted by atomic mass is 16.6. The second kappa shape index (κ2) is 9.27. The number of pyridine rings is 2. The number of hydrogen-bond acceptors (Lipinski definition) is 10. The molecule has 188 valence electrons. The van der Waals surface area contributed by atoms with Crippen LogP contribution in [-0.2, 0) is 23.8 Å². The third-order valence-electron chi connectivity index (χ3n) is 7.68. The predicted molar refractivity (Wildman–Crippen MR) is 125 cm³/mol. The van der Waals surface area contributed by atoms with Crippen molar-refractivity contribution in [2.75, 3.05) is 48.0 Å². The minimum absolute atomic E-state index is 0.0692. The lowest BCUT2D eigenvalue weighted by Crippen LogP contribution is -2.83. The summed E-state index contributed by atoms with van der Waals surface area (Å²) in [7, 11) is 5.62. The fourth-order valence-electron chi connectivity index (χ4n) is 6.34. The molecule has 2 saturated heterocycles. The van der Waals surface area contributed by atoms with Crippen LogP contribution in [0.1, 0.15) is 30.4 Å². The van der Waals surface area contributed by atoms with Crippen molar-refractivity contribution < 1.29 is 28.9 Å². The molecule has 0 aromatic carbocycles. The normalized spacial score (nSPS) is 33.2. The number of aromatic nitrogens is 2. The zero-order valence-corrected chi connectivity index (χ0v) is 20.7. The molecule has 1 N–H and O–H groups in total. The van der Waals surface area contributed by atoms with Gasteiger partial charge in [-0.15, -0.1) is 0 Å². The molecule has 10 heteroatoms. The van der Waals surface area contributed by atoms with Gasteiger partial charge in [0.15, 0.2) is 10.8 Å². The van der Waals surface area contributed by atoms with Gasteiger partial charge in [-0.3, -0.25) is 24.5 Å². The number of aliphatic hydroxyl groups is 1. The molecule has 4 rings (SSSR count). The minimum Gasteiger partial charge on any atom is -0.468 e. The van der Waals surface area contributed by atoms with E-state index >= 15 is 0 Å². The molecule has 0 radical (unpaired) electrons. The van der Waals surface area contributed by atoms with E-state index in [-0.39, 0.29) is 13.1 Å². The predicted octanol–water partition coefficient (Wildman–Crippen LogP) is 1.19. The monoisotopic (exact) mass is 484 g/mol. The molecule has 0 saturated carbocycles. The highest BCUT2D eigenvalue weighted by Gasteiger charge is 2.83. The number of rotatable bonds is 6. The van der Waals surface area contributed by atoms with E-state index in [1.54, 1.807) is 43.7 Å². The van der Waals surface area contributed by atoms with E-state index in [2.05, 4.69) is 9.97 Å². The average molecular weight is 485 g/mol. The Balaban J connectivity index is 2.16. The molecule has 2 aliphatic heterocycles. The molecule has 0 amide bonds. The molecular formula is C25H32N4O6. The van der Waals surface area contributed by atoms with Gasteiger partial charge in [0.05, 0.1) is 37.7 Å². The molecule has 2 aromatic rings. The summed E-state index contributed by atoms with van der Waals surface area (Å²) >= 11 is 0. The number of nitrogens with zero attached hydrogens (tertiary/aromatic N) is 4. The Morgan fingerprint density at radius 1 is 0.943 bits per heavy atom. The van der Waals surface area contributed by atoms with Crippen molar-refractivity contribution in [2.45, 2.75) is 24.8 Å². The number of carbonyl (C=O) groups is 2. The third kappa shape index (κ3) is 3.24. The fourth-order valence-corrected chi connectivity index (χ4v) is 6.34. The van der Waals surface area contributed by atoms with Crippen LogP contribution in [0.25, 0.3) is 0 Å². The molecule has 2 aromatic heterocycles. The molecule has 4 atom stereocenters. The first-order chi connectivity index (χ1) is 16.8. The molecule has 2 fully saturated rings. The quantitative estimate of drug-likeness (QED) is 0.474. The van der Waals surface area contributed by atoms with Gasteiger partial charge in [0.1, 0.15) is 0 Å². The van der Waals surface area contributed by atoms with Gasteiger partial charge in [0, 0.05) is 32.6 Å². The number of esters is 2. The molecule has 35 heavy (non-hydrogen) atoms. The van der Waals surface area contributed by atoms with Gasteiger partial charge in [-0.05, 0) is 37.9 Å². The van der Waals surface area contributed by atoms with Crippen LogP contribution in [0.5, 0.6) is 0 Å². The minimum atomic E-state index is -2.33. The third-order valence-corrected chi connectivity index (χ3v) is 7.68. The number of piperidine rings is 2. The van der Waals surface area contributed by atoms with Crippen LogP contribution in [0.2, 0.25) is 0 Å². The summed E-state index contributed by atoms with van der Waals surface area (Å²) < 4.78 is 16.5. The number of carbonyl (C=O) groups excluding carboxylic acids is 2. The van der Waals surface area contributed by atoms with Crippen molar-refractivity contribution in [1.29, 1.82) is 0 Å². The Bertz CT molecular complexity index is 993. The van der Waals surface area contributed by atoms with Crippen LogP contribution in [0.4, 0.5) is 0 Å². The lowest BCUT2D eigenvalue weighted by Gasteiger charge is -2.68. The van der Waals surface area contributed by atoms with E-state index in [1.165, 1.54) is 21.3 Å². The van der Waals surface area contributed by atoms with Crippen molar-refractivity contribution in [2.24, 2.45) is 10.8 Å². The standard InChI is InChI=1S/C25H32N4O6/c1-6-29-15-23(21(30)33-3)19(17-11-7-9-13-26-17)28(2)20(18-12-8-10-14-27-18)24(16-29,22(31)34-4)25(23,32)35-5/h7-14,19-20,32H,6,15-16H2,1-5H3. The molecule has 10 nitrogen and oxygen atoms in total. The van der Waals surface area contributed by atoms with Crippen molar-refractivity contribution in [3.63, 3.8) is 0 Å². The molecule has 4 unspecified atom stereocenters. The second-order valence-corrected chi connectivity index (χ2v) is 9.06. The Kier molecular flexibility index (Phi) is 6.67. The van der Waals surface area contributed by atoms with Gasteiger partial charge >= 0.3 is 11.9 Å². The molecule has 2 aliphatic rings. The van der Waals surface area contributed by atoms with Gasteiger partial charge < -0.3 is 24.2 Å². The number of fused-ring (bicyclic) bond motifs is 2. The van der Waals surface area contributed by atoms with Crippen molar-refractivity contribution in [3.05, 3.63) is 60.2 Å². The largest absolute Gasteiger partial charge is 0.468 e. The molecule has 2 bridgehead atoms. The lowest BCUT2D eigenvalue weighted by molar-refractivity contribution is -0.383. The average Bonchev–Trinajstić information content (AvgIpc) is 2.89. The van der Waals surface area contributed by atoms with Crippen LogP contribution >= 0.6 is 0 Å². The maximum atomic E-state index is 13.8. The lowest BCUT2D eigenvalue weighted by atomic mass is 9.51. The SMILES string of the molecule is CCN1CC2(C(=O)OC)C(c3ccccn3)N(C)C(c3ccccn3)C(C(=O)OC)(C1)C2(O)OC. The van der Waals surface area contributed by atoms with E-state index < -0.39 is 40.6 Å². The van der Waals surface area contributed by atoms with E-state index in [0.717, 1.165) is 0 Å². The van der Waals surface area contributed by atoms with E-state index in [9.17, 15) is 14.7 Å². The highest BCUT2D eigenvalue weighted by Crippen LogP contribution is 2.67. The van der Waals surface area contributed by atoms with Crippen LogP contribution in [0.15, 0.2) is 48.8 Å². The Hall–Kier alpha value is -2.92. The number of methoxy groups -OCH3 is 3. The summed E-state index contributed by atoms with van der Waals surface area (Å²) in [6.07, 6.45) is 3.25. The first-order valence-electron chi connectivity index (χ1n) is 11.5. The molecular weight excluding hydrogens is 452 g/mol. The smallest absolute Gasteiger partial charge is 0.320 e. The van der Waals surface area contributed by atoms with Gasteiger partial charge in [0.25, 0.3) is 0 Å². The van der Waals surface area contributed by atoms with Gasteiger partial charge in [0.2, 0.25) is 5.79 Å². The van der Waals surface area contributed by atoms with Crippen molar-refractivity contribution in [1.82, 2.24) is 19.8 Å². The first-order valence-corrected chi connectivity index (χ1v) is 11.5. The zero-order chi connectivity index (χ0) is 25.4. The fraction of sp³-hybridized carbons (Fsp3) is 0.520. The van der Waals surface area contributed by atoms with Crippen LogP contribution in [-0.4, -0.2) is 90.6 Å². The highest BCUT2D eigenvalue weighted by molar-refractivity contribution is 5.87. The van der Waals surface area contributed by atoms with Crippen molar-refractivity contribution in [3.8, 4) is 0 Å². The summed E-state index contributed by atoms with van der Waals surface area (Å²) in [6, 6.07) is 9.07. The molecule has 0 aliphatic carbocycles. The van der Waals surface area contributed by atoms with Crippen LogP contribution < -0.4 is 0 Å². The summed E-state index contributed by atoms with van der Waals surface area (Å²) in [5.41, 5.74) is -2.47. The zero-order valence-electron chi connectivity index (χ0n) is 20.7. The number of likely N-dealkylation sites (tertiary alicyclic amines) is 2. The van der Waals surface area contributed by atoms with E-state index in [0.29, 0.717) is 17.9 Å². The van der Waals surface area contributed by atoms with Crippen LogP contribution in [0, 0.1) is 10.8 Å². The summed E-state index contributed by atoms with van der Waals surface area (Å²) in [5, 5.41) is 12.6.